The topological polar surface area (TPSA) is 75.5 Å². The zero-order valence-corrected chi connectivity index (χ0v) is 19.0. The number of imidazole rings is 1. The summed E-state index contributed by atoms with van der Waals surface area (Å²) in [5, 5.41) is 0.103. The summed E-state index contributed by atoms with van der Waals surface area (Å²) in [5.41, 5.74) is 1.25. The van der Waals surface area contributed by atoms with Crippen molar-refractivity contribution in [3.05, 3.63) is 48.4 Å². The van der Waals surface area contributed by atoms with Gasteiger partial charge in [0, 0.05) is 45.3 Å². The highest BCUT2D eigenvalue weighted by Crippen LogP contribution is 2.33. The number of amides is 1. The lowest BCUT2D eigenvalue weighted by atomic mass is 9.81. The first-order valence-electron chi connectivity index (χ1n) is 11.3. The van der Waals surface area contributed by atoms with E-state index < -0.39 is 10.0 Å². The molecule has 0 saturated carbocycles. The van der Waals surface area contributed by atoms with Gasteiger partial charge in [-0.2, -0.15) is 4.31 Å². The number of carbonyl (C=O) groups is 1. The monoisotopic (exact) mass is 444 g/mol. The summed E-state index contributed by atoms with van der Waals surface area (Å²) in [5.74, 6) is 0.525. The van der Waals surface area contributed by atoms with Gasteiger partial charge >= 0.3 is 0 Å². The van der Waals surface area contributed by atoms with Gasteiger partial charge in [-0.3, -0.25) is 4.79 Å². The Balaban J connectivity index is 1.37. The number of hydrogen-bond donors (Lipinski definition) is 0. The highest BCUT2D eigenvalue weighted by Gasteiger charge is 2.38. The maximum absolute atomic E-state index is 13.4. The molecule has 168 valence electrons. The average molecular weight is 445 g/mol. The number of likely N-dealkylation sites (tertiary alicyclic amines) is 1. The summed E-state index contributed by atoms with van der Waals surface area (Å²) >= 11 is 0. The van der Waals surface area contributed by atoms with Crippen LogP contribution in [0.4, 0.5) is 0 Å². The molecule has 0 bridgehead atoms. The molecule has 2 aromatic rings. The van der Waals surface area contributed by atoms with Crippen LogP contribution in [0, 0.1) is 11.8 Å². The van der Waals surface area contributed by atoms with Gasteiger partial charge in [0.1, 0.15) is 0 Å². The van der Waals surface area contributed by atoms with Crippen LogP contribution in [0.25, 0.3) is 0 Å². The predicted octanol–water partition coefficient (Wildman–Crippen LogP) is 2.69. The highest BCUT2D eigenvalue weighted by molar-refractivity contribution is 7.89. The first-order chi connectivity index (χ1) is 14.9. The lowest BCUT2D eigenvalue weighted by molar-refractivity contribution is -0.137. The van der Waals surface area contributed by atoms with Crippen LogP contribution < -0.4 is 0 Å². The van der Waals surface area contributed by atoms with Gasteiger partial charge in [0.25, 0.3) is 10.0 Å². The molecule has 0 radical (unpaired) electrons. The molecule has 0 N–H and O–H groups in total. The molecule has 7 nitrogen and oxygen atoms in total. The summed E-state index contributed by atoms with van der Waals surface area (Å²) in [6.07, 6.45) is 8.41. The maximum atomic E-state index is 13.4. The van der Waals surface area contributed by atoms with E-state index in [-0.39, 0.29) is 22.8 Å². The van der Waals surface area contributed by atoms with Crippen LogP contribution in [0.5, 0.6) is 0 Å². The Morgan fingerprint density at radius 3 is 2.45 bits per heavy atom. The van der Waals surface area contributed by atoms with Crippen LogP contribution in [0.3, 0.4) is 0 Å². The minimum atomic E-state index is -3.56. The highest BCUT2D eigenvalue weighted by atomic mass is 32.2. The Morgan fingerprint density at radius 2 is 1.77 bits per heavy atom. The minimum absolute atomic E-state index is 0.0120. The van der Waals surface area contributed by atoms with Gasteiger partial charge in [-0.15, -0.1) is 0 Å². The lowest BCUT2D eigenvalue weighted by Gasteiger charge is -2.35. The summed E-state index contributed by atoms with van der Waals surface area (Å²) in [4.78, 5) is 19.4. The van der Waals surface area contributed by atoms with Crippen molar-refractivity contribution in [2.75, 3.05) is 26.2 Å². The van der Waals surface area contributed by atoms with Crippen molar-refractivity contribution in [3.63, 3.8) is 0 Å². The van der Waals surface area contributed by atoms with E-state index in [9.17, 15) is 13.2 Å². The summed E-state index contributed by atoms with van der Waals surface area (Å²) in [6, 6.07) is 10.3. The molecule has 2 aliphatic heterocycles. The molecule has 2 saturated heterocycles. The Labute approximate surface area is 185 Å². The molecule has 31 heavy (non-hydrogen) atoms. The van der Waals surface area contributed by atoms with Crippen LogP contribution in [0.15, 0.2) is 47.9 Å². The minimum Gasteiger partial charge on any atom is -0.342 e. The molecule has 8 heteroatoms. The van der Waals surface area contributed by atoms with Crippen LogP contribution >= 0.6 is 0 Å². The molecule has 3 heterocycles. The Bertz CT molecular complexity index is 981. The lowest BCUT2D eigenvalue weighted by Crippen LogP contribution is -2.44. The summed E-state index contributed by atoms with van der Waals surface area (Å²) in [6.45, 7) is 2.50. The van der Waals surface area contributed by atoms with Gasteiger partial charge in [-0.1, -0.05) is 36.8 Å². The van der Waals surface area contributed by atoms with Crippen LogP contribution in [0.2, 0.25) is 0 Å². The van der Waals surface area contributed by atoms with E-state index >= 15 is 0 Å². The maximum Gasteiger partial charge on any atom is 0.262 e. The third-order valence-electron chi connectivity index (χ3n) is 6.69. The number of piperidine rings is 1. The molecule has 1 unspecified atom stereocenters. The van der Waals surface area contributed by atoms with E-state index in [0.29, 0.717) is 13.1 Å². The smallest absolute Gasteiger partial charge is 0.262 e. The number of carbonyl (C=O) groups excluding carboxylic acids is 1. The van der Waals surface area contributed by atoms with E-state index in [1.807, 2.05) is 23.1 Å². The molecule has 1 amide bonds. The fourth-order valence-corrected chi connectivity index (χ4v) is 6.31. The quantitative estimate of drug-likeness (QED) is 0.687. The summed E-state index contributed by atoms with van der Waals surface area (Å²) in [7, 11) is -1.80. The molecule has 1 aromatic heterocycles. The average Bonchev–Trinajstić information content (AvgIpc) is 3.15. The number of hydrogen-bond acceptors (Lipinski definition) is 4. The normalized spacial score (nSPS) is 21.9. The van der Waals surface area contributed by atoms with Crippen LogP contribution in [-0.4, -0.2) is 59.3 Å². The number of aryl methyl sites for hydroxylation is 1. The molecule has 0 aliphatic carbocycles. The van der Waals surface area contributed by atoms with Crippen molar-refractivity contribution >= 4 is 15.9 Å². The number of benzene rings is 1. The van der Waals surface area contributed by atoms with Gasteiger partial charge < -0.3 is 9.47 Å². The second-order valence-electron chi connectivity index (χ2n) is 8.78. The largest absolute Gasteiger partial charge is 0.342 e. The number of rotatable bonds is 6. The molecular weight excluding hydrogens is 412 g/mol. The molecule has 2 aliphatic rings. The number of nitrogens with zero attached hydrogens (tertiary/aromatic N) is 4. The van der Waals surface area contributed by atoms with Gasteiger partial charge in [-0.25, -0.2) is 13.4 Å². The van der Waals surface area contributed by atoms with Gasteiger partial charge in [0.05, 0.1) is 6.33 Å². The van der Waals surface area contributed by atoms with Crippen molar-refractivity contribution in [1.29, 1.82) is 0 Å². The molecule has 4 rings (SSSR count). The molecule has 2 fully saturated rings. The zero-order valence-electron chi connectivity index (χ0n) is 18.2. The van der Waals surface area contributed by atoms with E-state index in [0.717, 1.165) is 51.6 Å². The summed E-state index contributed by atoms with van der Waals surface area (Å²) < 4.78 is 28.9. The zero-order chi connectivity index (χ0) is 21.8. The van der Waals surface area contributed by atoms with Crippen LogP contribution in [0.1, 0.15) is 37.7 Å². The van der Waals surface area contributed by atoms with Crippen LogP contribution in [-0.2, 0) is 28.3 Å². The third kappa shape index (κ3) is 5.01. The van der Waals surface area contributed by atoms with E-state index in [1.54, 1.807) is 17.8 Å². The molecule has 1 atom stereocenters. The van der Waals surface area contributed by atoms with Crippen molar-refractivity contribution in [2.24, 2.45) is 18.9 Å². The van der Waals surface area contributed by atoms with Gasteiger partial charge in [0.15, 0.2) is 5.03 Å². The second-order valence-corrected chi connectivity index (χ2v) is 10.7. The van der Waals surface area contributed by atoms with Gasteiger partial charge in [0.2, 0.25) is 5.91 Å². The van der Waals surface area contributed by atoms with E-state index in [1.165, 1.54) is 16.2 Å². The SMILES string of the molecule is Cn1cnc(S(=O)(=O)N2CCC(C3CCCCN(CCc4ccccc4)C3=O)CC2)c1. The van der Waals surface area contributed by atoms with Crippen molar-refractivity contribution in [2.45, 2.75) is 43.6 Å². The first-order valence-corrected chi connectivity index (χ1v) is 12.7. The fourth-order valence-electron chi connectivity index (χ4n) is 4.88. The molecule has 0 spiro atoms. The van der Waals surface area contributed by atoms with E-state index in [4.69, 9.17) is 0 Å². The van der Waals surface area contributed by atoms with Crippen molar-refractivity contribution in [3.8, 4) is 0 Å². The third-order valence-corrected chi connectivity index (χ3v) is 8.47. The molecular formula is C23H32N4O3S. The van der Waals surface area contributed by atoms with Gasteiger partial charge in [-0.05, 0) is 43.6 Å². The standard InChI is InChI=1S/C23H32N4O3S/c1-25-17-22(24-18-25)31(29,30)27-15-11-20(12-16-27)21-9-5-6-13-26(23(21)28)14-10-19-7-3-2-4-8-19/h2-4,7-8,17-18,20-21H,5-6,9-16H2,1H3. The Kier molecular flexibility index (Phi) is 6.77. The Morgan fingerprint density at radius 1 is 1.03 bits per heavy atom. The van der Waals surface area contributed by atoms with E-state index in [2.05, 4.69) is 17.1 Å². The second kappa shape index (κ2) is 9.53. The van der Waals surface area contributed by atoms with Crippen molar-refractivity contribution < 1.29 is 13.2 Å². The predicted molar refractivity (Wildman–Crippen MR) is 119 cm³/mol. The Hall–Kier alpha value is -2.19. The van der Waals surface area contributed by atoms with Crippen molar-refractivity contribution in [1.82, 2.24) is 18.8 Å². The number of sulfonamides is 1. The fraction of sp³-hybridized carbons (Fsp3) is 0.565. The first kappa shape index (κ1) is 22.0. The number of aromatic nitrogens is 2. The molecule has 1 aromatic carbocycles.